The second kappa shape index (κ2) is 7.29. The Morgan fingerprint density at radius 3 is 2.86 bits per heavy atom. The van der Waals surface area contributed by atoms with Crippen molar-refractivity contribution in [3.8, 4) is 34.3 Å². The smallest absolute Gasteiger partial charge is 0.226 e. The highest BCUT2D eigenvalue weighted by Crippen LogP contribution is 2.33. The predicted molar refractivity (Wildman–Crippen MR) is 104 cm³/mol. The zero-order valence-corrected chi connectivity index (χ0v) is 15.7. The summed E-state index contributed by atoms with van der Waals surface area (Å²) in [5.41, 5.74) is 4.16. The zero-order valence-electron chi connectivity index (χ0n) is 15.7. The first kappa shape index (κ1) is 17.9. The van der Waals surface area contributed by atoms with Crippen LogP contribution in [0.25, 0.3) is 22.5 Å². The number of aliphatic hydroxyl groups excluding tert-OH is 1. The normalized spacial score (nSPS) is 13.9. The summed E-state index contributed by atoms with van der Waals surface area (Å²) >= 11 is 0. The van der Waals surface area contributed by atoms with E-state index in [1.165, 1.54) is 0 Å². The highest BCUT2D eigenvalue weighted by molar-refractivity contribution is 5.79. The fourth-order valence-electron chi connectivity index (χ4n) is 3.21. The van der Waals surface area contributed by atoms with Crippen LogP contribution in [0.5, 0.6) is 5.75 Å². The molecule has 142 valence electrons. The molecule has 0 spiro atoms. The number of rotatable bonds is 5. The number of anilines is 1. The summed E-state index contributed by atoms with van der Waals surface area (Å²) in [6, 6.07) is 9.84. The maximum Gasteiger partial charge on any atom is 0.226 e. The van der Waals surface area contributed by atoms with Gasteiger partial charge in [0.25, 0.3) is 0 Å². The largest absolute Gasteiger partial charge is 0.496 e. The molecule has 1 aliphatic rings. The molecule has 4 rings (SSSR count). The maximum atomic E-state index is 9.54. The minimum Gasteiger partial charge on any atom is -0.496 e. The van der Waals surface area contributed by atoms with Crippen molar-refractivity contribution in [1.29, 1.82) is 5.26 Å². The molecule has 0 unspecified atom stereocenters. The van der Waals surface area contributed by atoms with Crippen LogP contribution in [-0.4, -0.2) is 51.2 Å². The van der Waals surface area contributed by atoms with Crippen LogP contribution in [0.4, 0.5) is 5.95 Å². The van der Waals surface area contributed by atoms with Gasteiger partial charge in [0.2, 0.25) is 5.95 Å². The number of β-amino-alcohol motifs (C(OH)–C–C–N with tert-alkyl or cyclic N) is 1. The Bertz CT molecular complexity index is 1050. The number of hydrogen-bond donors (Lipinski definition) is 1. The van der Waals surface area contributed by atoms with Crippen molar-refractivity contribution >= 4 is 5.95 Å². The minimum absolute atomic E-state index is 0.145. The number of aliphatic hydroxyl groups is 1. The van der Waals surface area contributed by atoms with Crippen LogP contribution in [0, 0.1) is 18.3 Å². The fourth-order valence-corrected chi connectivity index (χ4v) is 3.21. The molecule has 0 saturated carbocycles. The SMILES string of the molecule is COc1cc(-c2nn(CC#N)cc2-c2ccnc(N3CC(O)C3)n2)ccc1C. The van der Waals surface area contributed by atoms with E-state index in [-0.39, 0.29) is 12.6 Å². The summed E-state index contributed by atoms with van der Waals surface area (Å²) in [6.45, 7) is 3.18. The van der Waals surface area contributed by atoms with E-state index in [1.807, 2.05) is 42.3 Å². The van der Waals surface area contributed by atoms with Crippen LogP contribution in [-0.2, 0) is 6.54 Å². The van der Waals surface area contributed by atoms with Gasteiger partial charge < -0.3 is 14.7 Å². The number of aromatic nitrogens is 4. The monoisotopic (exact) mass is 376 g/mol. The number of nitriles is 1. The Balaban J connectivity index is 1.79. The Hall–Kier alpha value is -3.44. The zero-order chi connectivity index (χ0) is 19.7. The van der Waals surface area contributed by atoms with Crippen LogP contribution in [0.1, 0.15) is 5.56 Å². The van der Waals surface area contributed by atoms with E-state index in [0.29, 0.717) is 24.7 Å². The molecular weight excluding hydrogens is 356 g/mol. The van der Waals surface area contributed by atoms with Gasteiger partial charge in [-0.05, 0) is 24.6 Å². The molecule has 8 heteroatoms. The van der Waals surface area contributed by atoms with Gasteiger partial charge in [-0.3, -0.25) is 4.68 Å². The molecule has 1 aliphatic heterocycles. The van der Waals surface area contributed by atoms with Crippen molar-refractivity contribution in [2.24, 2.45) is 0 Å². The first-order valence-electron chi connectivity index (χ1n) is 8.95. The molecule has 0 radical (unpaired) electrons. The molecule has 0 amide bonds. The predicted octanol–water partition coefficient (Wildman–Crippen LogP) is 2.03. The van der Waals surface area contributed by atoms with Crippen molar-refractivity contribution in [2.45, 2.75) is 19.6 Å². The minimum atomic E-state index is -0.332. The highest BCUT2D eigenvalue weighted by Gasteiger charge is 2.27. The van der Waals surface area contributed by atoms with Gasteiger partial charge in [0.15, 0.2) is 0 Å². The third-order valence-corrected chi connectivity index (χ3v) is 4.74. The first-order chi connectivity index (χ1) is 13.6. The molecular formula is C20H20N6O2. The van der Waals surface area contributed by atoms with Crippen LogP contribution < -0.4 is 9.64 Å². The van der Waals surface area contributed by atoms with E-state index in [4.69, 9.17) is 10.00 Å². The van der Waals surface area contributed by atoms with Crippen LogP contribution in [0.3, 0.4) is 0 Å². The van der Waals surface area contributed by atoms with Gasteiger partial charge in [-0.25, -0.2) is 9.97 Å². The first-order valence-corrected chi connectivity index (χ1v) is 8.95. The van der Waals surface area contributed by atoms with Crippen molar-refractivity contribution in [2.75, 3.05) is 25.1 Å². The third kappa shape index (κ3) is 3.28. The number of ether oxygens (including phenoxy) is 1. The molecule has 28 heavy (non-hydrogen) atoms. The Kier molecular flexibility index (Phi) is 4.67. The molecule has 3 heterocycles. The molecule has 3 aromatic rings. The topological polar surface area (TPSA) is 100 Å². The van der Waals surface area contributed by atoms with Gasteiger partial charge in [0, 0.05) is 36.6 Å². The maximum absolute atomic E-state index is 9.54. The van der Waals surface area contributed by atoms with Gasteiger partial charge in [-0.2, -0.15) is 10.4 Å². The molecule has 1 saturated heterocycles. The third-order valence-electron chi connectivity index (χ3n) is 4.74. The van der Waals surface area contributed by atoms with Crippen LogP contribution in [0.15, 0.2) is 36.7 Å². The lowest BCUT2D eigenvalue weighted by molar-refractivity contribution is 0.140. The lowest BCUT2D eigenvalue weighted by Crippen LogP contribution is -2.51. The summed E-state index contributed by atoms with van der Waals surface area (Å²) in [7, 11) is 1.64. The summed E-state index contributed by atoms with van der Waals surface area (Å²) in [5, 5.41) is 23.2. The van der Waals surface area contributed by atoms with E-state index in [2.05, 4.69) is 21.1 Å². The fraction of sp³-hybridized carbons (Fsp3) is 0.300. The molecule has 1 fully saturated rings. The van der Waals surface area contributed by atoms with Crippen LogP contribution >= 0.6 is 0 Å². The van der Waals surface area contributed by atoms with Crippen LogP contribution in [0.2, 0.25) is 0 Å². The van der Waals surface area contributed by atoms with Crippen molar-refractivity contribution in [3.63, 3.8) is 0 Å². The number of methoxy groups -OCH3 is 1. The highest BCUT2D eigenvalue weighted by atomic mass is 16.5. The van der Waals surface area contributed by atoms with Gasteiger partial charge in [0.05, 0.1) is 25.0 Å². The van der Waals surface area contributed by atoms with Gasteiger partial charge in [-0.15, -0.1) is 0 Å². The Morgan fingerprint density at radius 2 is 2.14 bits per heavy atom. The summed E-state index contributed by atoms with van der Waals surface area (Å²) in [6.07, 6.45) is 3.19. The average molecular weight is 376 g/mol. The average Bonchev–Trinajstić information content (AvgIpc) is 3.10. The number of hydrogen-bond acceptors (Lipinski definition) is 7. The molecule has 1 aromatic carbocycles. The van der Waals surface area contributed by atoms with Gasteiger partial charge in [0.1, 0.15) is 18.0 Å². The quantitative estimate of drug-likeness (QED) is 0.727. The number of nitrogens with zero attached hydrogens (tertiary/aromatic N) is 6. The number of aryl methyl sites for hydroxylation is 1. The van der Waals surface area contributed by atoms with E-state index >= 15 is 0 Å². The van der Waals surface area contributed by atoms with E-state index in [0.717, 1.165) is 28.1 Å². The lowest BCUT2D eigenvalue weighted by atomic mass is 10.0. The molecule has 0 atom stereocenters. The van der Waals surface area contributed by atoms with Crippen molar-refractivity contribution in [1.82, 2.24) is 19.7 Å². The van der Waals surface area contributed by atoms with Gasteiger partial charge >= 0.3 is 0 Å². The number of benzene rings is 1. The second-order valence-corrected chi connectivity index (χ2v) is 6.73. The Labute approximate surface area is 162 Å². The van der Waals surface area contributed by atoms with E-state index in [1.54, 1.807) is 18.0 Å². The summed E-state index contributed by atoms with van der Waals surface area (Å²) in [4.78, 5) is 10.9. The lowest BCUT2D eigenvalue weighted by Gasteiger charge is -2.35. The summed E-state index contributed by atoms with van der Waals surface area (Å²) in [5.74, 6) is 1.35. The van der Waals surface area contributed by atoms with Crippen molar-refractivity contribution in [3.05, 3.63) is 42.2 Å². The molecule has 8 nitrogen and oxygen atoms in total. The standard InChI is InChI=1S/C20H20N6O2/c1-13-3-4-14(9-18(13)28-2)19-16(12-26(24-19)8-6-21)17-5-7-22-20(23-17)25-10-15(27)11-25/h3-5,7,9,12,15,27H,8,10-11H2,1-2H3. The molecule has 2 aromatic heterocycles. The molecule has 0 bridgehead atoms. The second-order valence-electron chi connectivity index (χ2n) is 6.73. The summed E-state index contributed by atoms with van der Waals surface area (Å²) < 4.78 is 7.05. The van der Waals surface area contributed by atoms with Crippen molar-refractivity contribution < 1.29 is 9.84 Å². The van der Waals surface area contributed by atoms with E-state index in [9.17, 15) is 5.11 Å². The molecule has 0 aliphatic carbocycles. The van der Waals surface area contributed by atoms with E-state index < -0.39 is 0 Å². The molecule has 1 N–H and O–H groups in total. The Morgan fingerprint density at radius 1 is 1.32 bits per heavy atom. The van der Waals surface area contributed by atoms with Gasteiger partial charge in [-0.1, -0.05) is 12.1 Å².